The van der Waals surface area contributed by atoms with Gasteiger partial charge in [0.1, 0.15) is 11.9 Å². The van der Waals surface area contributed by atoms with Crippen LogP contribution in [0.5, 0.6) is 5.75 Å². The molecule has 0 saturated carbocycles. The van der Waals surface area contributed by atoms with Crippen molar-refractivity contribution in [3.05, 3.63) is 75.3 Å². The minimum Gasteiger partial charge on any atom is -0.482 e. The Labute approximate surface area is 224 Å². The summed E-state index contributed by atoms with van der Waals surface area (Å²) in [6.07, 6.45) is 3.25. The van der Waals surface area contributed by atoms with Crippen LogP contribution in [0.1, 0.15) is 49.6 Å². The predicted octanol–water partition coefficient (Wildman–Crippen LogP) is 7.08. The number of carbonyl (C=O) groups excluding carboxylic acids is 1. The average molecular weight is 541 g/mol. The van der Waals surface area contributed by atoms with Crippen LogP contribution in [0.2, 0.25) is 10.0 Å². The molecule has 0 aliphatic carbocycles. The van der Waals surface area contributed by atoms with E-state index in [-0.39, 0.29) is 16.7 Å². The monoisotopic (exact) mass is 540 g/mol. The van der Waals surface area contributed by atoms with Crippen molar-refractivity contribution < 1.29 is 13.9 Å². The fraction of sp³-hybridized carbons (Fsp3) is 0.286. The third-order valence-electron chi connectivity index (χ3n) is 6.80. The molecule has 1 amide bonds. The number of nitrogens with two attached hydrogens (primary N) is 1. The Kier molecular flexibility index (Phi) is 7.01. The number of amides is 1. The second kappa shape index (κ2) is 10.2. The highest BCUT2D eigenvalue weighted by atomic mass is 35.5. The summed E-state index contributed by atoms with van der Waals surface area (Å²) < 4.78 is 20.1. The number of fused-ring (bicyclic) bond motifs is 3. The first-order chi connectivity index (χ1) is 17.8. The number of halogens is 3. The maximum Gasteiger partial charge on any atom is 0.222 e. The molecule has 3 N–H and O–H groups in total. The molecule has 0 spiro atoms. The van der Waals surface area contributed by atoms with E-state index >= 15 is 0 Å². The number of nitrogen functional groups attached to an aromatic ring is 1. The first kappa shape index (κ1) is 25.4. The van der Waals surface area contributed by atoms with Gasteiger partial charge in [0.2, 0.25) is 5.91 Å². The summed E-state index contributed by atoms with van der Waals surface area (Å²) in [7, 11) is 0. The molecule has 9 heteroatoms. The molecule has 1 aliphatic heterocycles. The van der Waals surface area contributed by atoms with E-state index in [0.717, 1.165) is 41.4 Å². The number of rotatable bonds is 6. The number of aromatic nitrogens is 2. The molecule has 1 atom stereocenters. The molecular weight excluding hydrogens is 514 g/mol. The van der Waals surface area contributed by atoms with Gasteiger partial charge in [0.25, 0.3) is 0 Å². The molecule has 3 heterocycles. The van der Waals surface area contributed by atoms with Crippen molar-refractivity contribution in [3.8, 4) is 16.9 Å². The van der Waals surface area contributed by atoms with Crippen LogP contribution in [0, 0.1) is 5.82 Å². The van der Waals surface area contributed by atoms with Crippen LogP contribution >= 0.6 is 23.2 Å². The van der Waals surface area contributed by atoms with Gasteiger partial charge in [-0.3, -0.25) is 4.79 Å². The number of anilines is 1. The lowest BCUT2D eigenvalue weighted by molar-refractivity contribution is -0.132. The van der Waals surface area contributed by atoms with Crippen LogP contribution in [-0.2, 0) is 17.8 Å². The van der Waals surface area contributed by atoms with Crippen molar-refractivity contribution in [1.29, 1.82) is 0 Å². The lowest BCUT2D eigenvalue weighted by Crippen LogP contribution is -2.35. The standard InChI is InChI=1S/C28H27Cl2FN4O2/c1-3-4-25(36)35-10-9-22-19(14-35)18-6-5-16(11-23(18)34-22)17-12-24(28(32)33-13-17)37-15(2)26-20(29)7-8-21(31)27(26)30/h5-8,11-13,15,34H,3-4,9-10,14H2,1-2H3,(H2,32,33)/t15-/m1/s1. The normalized spacial score (nSPS) is 14.0. The summed E-state index contributed by atoms with van der Waals surface area (Å²) >= 11 is 12.4. The number of carbonyl (C=O) groups is 1. The van der Waals surface area contributed by atoms with Crippen LogP contribution in [-0.4, -0.2) is 27.3 Å². The first-order valence-electron chi connectivity index (χ1n) is 12.2. The quantitative estimate of drug-likeness (QED) is 0.256. The van der Waals surface area contributed by atoms with Crippen LogP contribution in [0.15, 0.2) is 42.6 Å². The van der Waals surface area contributed by atoms with Crippen LogP contribution in [0.4, 0.5) is 10.2 Å². The lowest BCUT2D eigenvalue weighted by Gasteiger charge is -2.27. The van der Waals surface area contributed by atoms with Gasteiger partial charge in [0.15, 0.2) is 11.6 Å². The minimum atomic E-state index is -0.661. The largest absolute Gasteiger partial charge is 0.482 e. The zero-order chi connectivity index (χ0) is 26.3. The highest BCUT2D eigenvalue weighted by Gasteiger charge is 2.24. The van der Waals surface area contributed by atoms with Crippen LogP contribution < -0.4 is 10.5 Å². The van der Waals surface area contributed by atoms with Gasteiger partial charge in [-0.05, 0) is 43.2 Å². The molecule has 0 saturated heterocycles. The average Bonchev–Trinajstić information content (AvgIpc) is 3.25. The van der Waals surface area contributed by atoms with Crippen molar-refractivity contribution in [2.75, 3.05) is 12.3 Å². The Bertz CT molecular complexity index is 1500. The van der Waals surface area contributed by atoms with Gasteiger partial charge in [-0.15, -0.1) is 0 Å². The van der Waals surface area contributed by atoms with Crippen LogP contribution in [0.3, 0.4) is 0 Å². The number of ether oxygens (including phenoxy) is 1. The summed E-state index contributed by atoms with van der Waals surface area (Å²) in [6.45, 7) is 5.10. The van der Waals surface area contributed by atoms with Crippen molar-refractivity contribution in [1.82, 2.24) is 14.9 Å². The molecule has 2 aromatic heterocycles. The maximum absolute atomic E-state index is 14.0. The molecule has 5 rings (SSSR count). The third kappa shape index (κ3) is 4.86. The van der Waals surface area contributed by atoms with Gasteiger partial charge in [-0.2, -0.15) is 0 Å². The smallest absolute Gasteiger partial charge is 0.222 e. The summed E-state index contributed by atoms with van der Waals surface area (Å²) in [5, 5.41) is 1.33. The van der Waals surface area contributed by atoms with E-state index in [0.29, 0.717) is 29.3 Å². The molecule has 0 bridgehead atoms. The highest BCUT2D eigenvalue weighted by molar-refractivity contribution is 6.36. The third-order valence-corrected chi connectivity index (χ3v) is 7.51. The van der Waals surface area contributed by atoms with Gasteiger partial charge in [-0.1, -0.05) is 42.3 Å². The van der Waals surface area contributed by atoms with Crippen molar-refractivity contribution >= 4 is 45.8 Å². The van der Waals surface area contributed by atoms with Gasteiger partial charge in [0, 0.05) is 70.4 Å². The van der Waals surface area contributed by atoms with Gasteiger partial charge < -0.3 is 20.4 Å². The Morgan fingerprint density at radius 1 is 1.24 bits per heavy atom. The molecular formula is C28H27Cl2FN4O2. The topological polar surface area (TPSA) is 84.2 Å². The number of hydrogen-bond acceptors (Lipinski definition) is 4. The second-order valence-electron chi connectivity index (χ2n) is 9.28. The van der Waals surface area contributed by atoms with E-state index in [1.165, 1.54) is 23.4 Å². The fourth-order valence-electron chi connectivity index (χ4n) is 4.86. The Morgan fingerprint density at radius 3 is 2.84 bits per heavy atom. The van der Waals surface area contributed by atoms with E-state index in [4.69, 9.17) is 33.7 Å². The van der Waals surface area contributed by atoms with Gasteiger partial charge >= 0.3 is 0 Å². The molecule has 2 aromatic carbocycles. The number of benzene rings is 2. The molecule has 1 aliphatic rings. The molecule has 4 aromatic rings. The number of aromatic amines is 1. The number of nitrogens with one attached hydrogen (secondary N) is 1. The molecule has 0 unspecified atom stereocenters. The molecule has 37 heavy (non-hydrogen) atoms. The van der Waals surface area contributed by atoms with E-state index in [1.54, 1.807) is 19.2 Å². The fourth-order valence-corrected chi connectivity index (χ4v) is 5.54. The number of pyridine rings is 1. The first-order valence-corrected chi connectivity index (χ1v) is 13.0. The van der Waals surface area contributed by atoms with E-state index < -0.39 is 11.9 Å². The zero-order valence-electron chi connectivity index (χ0n) is 20.6. The van der Waals surface area contributed by atoms with E-state index in [2.05, 4.69) is 22.1 Å². The summed E-state index contributed by atoms with van der Waals surface area (Å²) in [6, 6.07) is 10.6. The van der Waals surface area contributed by atoms with E-state index in [1.807, 2.05) is 17.9 Å². The second-order valence-corrected chi connectivity index (χ2v) is 10.1. The Hall–Kier alpha value is -3.29. The summed E-state index contributed by atoms with van der Waals surface area (Å²) in [5.74, 6) is 0.177. The van der Waals surface area contributed by atoms with E-state index in [9.17, 15) is 9.18 Å². The molecule has 6 nitrogen and oxygen atoms in total. The predicted molar refractivity (Wildman–Crippen MR) is 145 cm³/mol. The molecule has 0 fully saturated rings. The highest BCUT2D eigenvalue weighted by Crippen LogP contribution is 2.38. The number of nitrogens with zero attached hydrogens (tertiary/aromatic N) is 2. The SMILES string of the molecule is CCCC(=O)N1CCc2[nH]c3cc(-c4cnc(N)c(O[C@H](C)c5c(Cl)ccc(F)c5Cl)c4)ccc3c2C1. The lowest BCUT2D eigenvalue weighted by atomic mass is 10.0. The molecule has 192 valence electrons. The van der Waals surface area contributed by atoms with Crippen molar-refractivity contribution in [2.24, 2.45) is 0 Å². The van der Waals surface area contributed by atoms with Crippen molar-refractivity contribution in [3.63, 3.8) is 0 Å². The number of hydrogen-bond donors (Lipinski definition) is 2. The minimum absolute atomic E-state index is 0.0844. The Balaban J connectivity index is 1.43. The summed E-state index contributed by atoms with van der Waals surface area (Å²) in [4.78, 5) is 22.2. The summed E-state index contributed by atoms with van der Waals surface area (Å²) in [5.41, 5.74) is 11.5. The maximum atomic E-state index is 14.0. The molecule has 0 radical (unpaired) electrons. The number of H-pyrrole nitrogens is 1. The van der Waals surface area contributed by atoms with Gasteiger partial charge in [0.05, 0.1) is 5.02 Å². The van der Waals surface area contributed by atoms with Crippen molar-refractivity contribution in [2.45, 2.75) is 45.8 Å². The Morgan fingerprint density at radius 2 is 2.05 bits per heavy atom. The zero-order valence-corrected chi connectivity index (χ0v) is 22.1. The van der Waals surface area contributed by atoms with Gasteiger partial charge in [-0.25, -0.2) is 9.37 Å². The van der Waals surface area contributed by atoms with Crippen LogP contribution in [0.25, 0.3) is 22.0 Å².